The maximum absolute atomic E-state index is 12.6. The van der Waals surface area contributed by atoms with Crippen LogP contribution in [0.5, 0.6) is 0 Å². The van der Waals surface area contributed by atoms with Crippen LogP contribution in [-0.2, 0) is 17.6 Å². The Morgan fingerprint density at radius 1 is 1.12 bits per heavy atom. The number of unbranched alkanes of at least 4 members (excludes halogenated alkanes) is 1. The lowest BCUT2D eigenvalue weighted by Crippen LogP contribution is -2.44. The van der Waals surface area contributed by atoms with E-state index in [1.165, 1.54) is 62.5 Å². The molecule has 1 aromatic carbocycles. The Kier molecular flexibility index (Phi) is 8.45. The SMILES string of the molecule is CN1CCN(CCCCc2cccc(CC(=O)Nc3nc(-c4ccnc(Cl)c4)cs3)c2)CC1. The quantitative estimate of drug-likeness (QED) is 0.355. The minimum Gasteiger partial charge on any atom is -0.304 e. The molecule has 0 unspecified atom stereocenters. The third-order valence-electron chi connectivity index (χ3n) is 5.91. The van der Waals surface area contributed by atoms with Gasteiger partial charge in [-0.1, -0.05) is 35.9 Å². The van der Waals surface area contributed by atoms with Gasteiger partial charge in [0.2, 0.25) is 5.91 Å². The van der Waals surface area contributed by atoms with Gasteiger partial charge in [-0.25, -0.2) is 9.97 Å². The molecular weight excluding hydrogens is 454 g/mol. The molecule has 4 rings (SSSR count). The number of halogens is 1. The van der Waals surface area contributed by atoms with Crippen molar-refractivity contribution in [2.24, 2.45) is 0 Å². The molecule has 174 valence electrons. The van der Waals surface area contributed by atoms with E-state index in [9.17, 15) is 4.79 Å². The molecule has 3 aromatic rings. The van der Waals surface area contributed by atoms with Crippen LogP contribution in [0.25, 0.3) is 11.3 Å². The number of carbonyl (C=O) groups is 1. The van der Waals surface area contributed by atoms with E-state index >= 15 is 0 Å². The van der Waals surface area contributed by atoms with Gasteiger partial charge in [0, 0.05) is 43.3 Å². The van der Waals surface area contributed by atoms with Gasteiger partial charge in [-0.3, -0.25) is 4.79 Å². The fourth-order valence-corrected chi connectivity index (χ4v) is 4.92. The number of benzene rings is 1. The fourth-order valence-electron chi connectivity index (χ4n) is 4.01. The molecule has 2 aromatic heterocycles. The van der Waals surface area contributed by atoms with Gasteiger partial charge in [0.15, 0.2) is 5.13 Å². The topological polar surface area (TPSA) is 61.4 Å². The number of likely N-dealkylation sites (N-methyl/N-ethyl adjacent to an activating group) is 1. The van der Waals surface area contributed by atoms with Crippen LogP contribution in [0, 0.1) is 0 Å². The number of thiazole rings is 1. The number of pyridine rings is 1. The highest BCUT2D eigenvalue weighted by Crippen LogP contribution is 2.26. The zero-order chi connectivity index (χ0) is 23.0. The van der Waals surface area contributed by atoms with Crippen molar-refractivity contribution in [3.05, 3.63) is 64.3 Å². The largest absolute Gasteiger partial charge is 0.304 e. The second kappa shape index (κ2) is 11.7. The molecule has 0 atom stereocenters. The summed E-state index contributed by atoms with van der Waals surface area (Å²) in [6.07, 6.45) is 5.42. The summed E-state index contributed by atoms with van der Waals surface area (Å²) in [5.74, 6) is -0.0594. The molecule has 0 aliphatic carbocycles. The fraction of sp³-hybridized carbons (Fsp3) is 0.400. The van der Waals surface area contributed by atoms with Crippen LogP contribution >= 0.6 is 22.9 Å². The molecule has 1 fully saturated rings. The zero-order valence-electron chi connectivity index (χ0n) is 19.0. The van der Waals surface area contributed by atoms with Crippen molar-refractivity contribution in [1.29, 1.82) is 0 Å². The molecular formula is C25H30ClN5OS. The highest BCUT2D eigenvalue weighted by molar-refractivity contribution is 7.14. The van der Waals surface area contributed by atoms with E-state index < -0.39 is 0 Å². The van der Waals surface area contributed by atoms with Crippen molar-refractivity contribution in [2.45, 2.75) is 25.7 Å². The summed E-state index contributed by atoms with van der Waals surface area (Å²) in [5, 5.41) is 5.83. The van der Waals surface area contributed by atoms with E-state index in [1.54, 1.807) is 12.3 Å². The average Bonchev–Trinajstić information content (AvgIpc) is 3.26. The molecule has 1 N–H and O–H groups in total. The number of piperazine rings is 1. The third-order valence-corrected chi connectivity index (χ3v) is 6.88. The molecule has 6 nitrogen and oxygen atoms in total. The van der Waals surface area contributed by atoms with Crippen LogP contribution in [0.4, 0.5) is 5.13 Å². The number of hydrogen-bond acceptors (Lipinski definition) is 6. The van der Waals surface area contributed by atoms with Crippen molar-refractivity contribution in [1.82, 2.24) is 19.8 Å². The van der Waals surface area contributed by atoms with Crippen molar-refractivity contribution >= 4 is 34.0 Å². The Bertz CT molecular complexity index is 1060. The molecule has 1 amide bonds. The lowest BCUT2D eigenvalue weighted by molar-refractivity contribution is -0.115. The summed E-state index contributed by atoms with van der Waals surface area (Å²) >= 11 is 7.36. The first-order chi connectivity index (χ1) is 16.0. The highest BCUT2D eigenvalue weighted by atomic mass is 35.5. The van der Waals surface area contributed by atoms with Gasteiger partial charge < -0.3 is 15.1 Å². The van der Waals surface area contributed by atoms with Crippen LogP contribution in [0.15, 0.2) is 48.0 Å². The summed E-state index contributed by atoms with van der Waals surface area (Å²) in [6, 6.07) is 12.0. The maximum Gasteiger partial charge on any atom is 0.230 e. The van der Waals surface area contributed by atoms with Crippen molar-refractivity contribution < 1.29 is 4.79 Å². The Morgan fingerprint density at radius 3 is 2.76 bits per heavy atom. The monoisotopic (exact) mass is 483 g/mol. The second-order valence-corrected chi connectivity index (χ2v) is 9.80. The number of anilines is 1. The van der Waals surface area contributed by atoms with Gasteiger partial charge in [0.1, 0.15) is 5.15 Å². The third kappa shape index (κ3) is 7.33. The standard InChI is InChI=1S/C25H30ClN5OS/c1-30-11-13-31(14-12-30)10-3-2-5-19-6-4-7-20(15-19)16-24(32)29-25-28-22(18-33-25)21-8-9-27-23(26)17-21/h4,6-9,15,17-18H,2-3,5,10-14,16H2,1H3,(H,28,29,32). The highest BCUT2D eigenvalue weighted by Gasteiger charge is 2.13. The van der Waals surface area contributed by atoms with Crippen molar-refractivity contribution in [3.8, 4) is 11.3 Å². The normalized spacial score (nSPS) is 15.0. The molecule has 3 heterocycles. The molecule has 1 saturated heterocycles. The van der Waals surface area contributed by atoms with Crippen LogP contribution in [0.1, 0.15) is 24.0 Å². The molecule has 0 radical (unpaired) electrons. The molecule has 0 saturated carbocycles. The van der Waals surface area contributed by atoms with Crippen molar-refractivity contribution in [3.63, 3.8) is 0 Å². The van der Waals surface area contributed by atoms with E-state index in [4.69, 9.17) is 11.6 Å². The van der Waals surface area contributed by atoms with Gasteiger partial charge in [-0.2, -0.15) is 0 Å². The molecule has 1 aliphatic rings. The van der Waals surface area contributed by atoms with Crippen LogP contribution in [-0.4, -0.2) is 65.4 Å². The molecule has 0 spiro atoms. The van der Waals surface area contributed by atoms with E-state index in [-0.39, 0.29) is 5.91 Å². The number of aryl methyl sites for hydroxylation is 1. The Hall–Kier alpha value is -2.32. The Labute approximate surface area is 204 Å². The number of amides is 1. The smallest absolute Gasteiger partial charge is 0.230 e. The van der Waals surface area contributed by atoms with Gasteiger partial charge in [0.25, 0.3) is 0 Å². The number of hydrogen-bond donors (Lipinski definition) is 1. The van der Waals surface area contributed by atoms with E-state index in [2.05, 4.69) is 44.3 Å². The first kappa shape index (κ1) is 23.8. The number of aromatic nitrogens is 2. The van der Waals surface area contributed by atoms with Crippen LogP contribution in [0.2, 0.25) is 5.15 Å². The number of rotatable bonds is 9. The molecule has 33 heavy (non-hydrogen) atoms. The van der Waals surface area contributed by atoms with Crippen molar-refractivity contribution in [2.75, 3.05) is 45.1 Å². The Balaban J connectivity index is 1.23. The predicted molar refractivity (Wildman–Crippen MR) is 136 cm³/mol. The van der Waals surface area contributed by atoms with E-state index in [0.717, 1.165) is 23.2 Å². The molecule has 1 aliphatic heterocycles. The van der Waals surface area contributed by atoms with Gasteiger partial charge in [-0.15, -0.1) is 11.3 Å². The van der Waals surface area contributed by atoms with Crippen LogP contribution in [0.3, 0.4) is 0 Å². The Morgan fingerprint density at radius 2 is 1.94 bits per heavy atom. The summed E-state index contributed by atoms with van der Waals surface area (Å²) < 4.78 is 0. The first-order valence-electron chi connectivity index (χ1n) is 11.4. The van der Waals surface area contributed by atoms with E-state index in [0.29, 0.717) is 16.7 Å². The van der Waals surface area contributed by atoms with E-state index in [1.807, 2.05) is 23.6 Å². The lowest BCUT2D eigenvalue weighted by atomic mass is 10.0. The predicted octanol–water partition coefficient (Wildman–Crippen LogP) is 4.61. The second-order valence-electron chi connectivity index (χ2n) is 8.55. The number of nitrogens with one attached hydrogen (secondary N) is 1. The van der Waals surface area contributed by atoms with Crippen LogP contribution < -0.4 is 5.32 Å². The lowest BCUT2D eigenvalue weighted by Gasteiger charge is -2.32. The van der Waals surface area contributed by atoms with Gasteiger partial charge in [0.05, 0.1) is 12.1 Å². The summed E-state index contributed by atoms with van der Waals surface area (Å²) in [7, 11) is 2.19. The zero-order valence-corrected chi connectivity index (χ0v) is 20.5. The molecule has 0 bridgehead atoms. The summed E-state index contributed by atoms with van der Waals surface area (Å²) in [5.41, 5.74) is 3.98. The average molecular weight is 484 g/mol. The minimum atomic E-state index is -0.0594. The summed E-state index contributed by atoms with van der Waals surface area (Å²) in [6.45, 7) is 5.88. The van der Waals surface area contributed by atoms with Gasteiger partial charge in [-0.05, 0) is 56.1 Å². The van der Waals surface area contributed by atoms with Gasteiger partial charge >= 0.3 is 0 Å². The first-order valence-corrected chi connectivity index (χ1v) is 12.7. The maximum atomic E-state index is 12.6. The minimum absolute atomic E-state index is 0.0594. The molecule has 8 heteroatoms. The number of carbonyl (C=O) groups excluding carboxylic acids is 1. The summed E-state index contributed by atoms with van der Waals surface area (Å²) in [4.78, 5) is 26.0. The number of nitrogens with zero attached hydrogens (tertiary/aromatic N) is 4.